The van der Waals surface area contributed by atoms with E-state index in [1.165, 1.54) is 0 Å². The predicted octanol–water partition coefficient (Wildman–Crippen LogP) is 1.18. The van der Waals surface area contributed by atoms with Crippen molar-refractivity contribution in [2.45, 2.75) is 32.4 Å². The summed E-state index contributed by atoms with van der Waals surface area (Å²) >= 11 is 0. The van der Waals surface area contributed by atoms with Crippen LogP contribution in [-0.2, 0) is 16.1 Å². The molecule has 17 heavy (non-hydrogen) atoms. The van der Waals surface area contributed by atoms with E-state index in [-0.39, 0.29) is 17.9 Å². The van der Waals surface area contributed by atoms with E-state index in [1.54, 1.807) is 17.3 Å². The number of H-pyrrole nitrogens is 1. The van der Waals surface area contributed by atoms with Crippen LogP contribution in [0.15, 0.2) is 12.4 Å². The summed E-state index contributed by atoms with van der Waals surface area (Å²) in [7, 11) is 1.82. The first-order valence-electron chi connectivity index (χ1n) is 6.07. The number of aromatic amines is 1. The van der Waals surface area contributed by atoms with Crippen LogP contribution in [0.4, 0.5) is 0 Å². The summed E-state index contributed by atoms with van der Waals surface area (Å²) < 4.78 is 5.55. The fraction of sp³-hybridized carbons (Fsp3) is 0.667. The second-order valence-electron chi connectivity index (χ2n) is 4.44. The van der Waals surface area contributed by atoms with Crippen LogP contribution in [0, 0.1) is 5.92 Å². The van der Waals surface area contributed by atoms with Crippen LogP contribution in [0.25, 0.3) is 0 Å². The van der Waals surface area contributed by atoms with E-state index in [0.717, 1.165) is 18.7 Å². The highest BCUT2D eigenvalue weighted by atomic mass is 16.5. The number of carbonyl (C=O) groups excluding carboxylic acids is 1. The summed E-state index contributed by atoms with van der Waals surface area (Å²) in [6, 6.07) is 0. The minimum atomic E-state index is 0.0139. The Kier molecular flexibility index (Phi) is 3.78. The van der Waals surface area contributed by atoms with Crippen LogP contribution in [0.3, 0.4) is 0 Å². The quantitative estimate of drug-likeness (QED) is 0.855. The van der Waals surface area contributed by atoms with Gasteiger partial charge in [-0.1, -0.05) is 6.92 Å². The molecule has 1 fully saturated rings. The van der Waals surface area contributed by atoms with Crippen molar-refractivity contribution in [3.05, 3.63) is 18.2 Å². The molecule has 2 unspecified atom stereocenters. The Hall–Kier alpha value is -1.36. The van der Waals surface area contributed by atoms with Crippen molar-refractivity contribution in [1.82, 2.24) is 14.9 Å². The van der Waals surface area contributed by atoms with Crippen molar-refractivity contribution in [2.75, 3.05) is 13.7 Å². The molecule has 0 aromatic carbocycles. The number of nitrogens with one attached hydrogen (secondary N) is 1. The Bertz CT molecular complexity index is 364. The van der Waals surface area contributed by atoms with Crippen LogP contribution >= 0.6 is 0 Å². The van der Waals surface area contributed by atoms with Crippen LogP contribution < -0.4 is 0 Å². The Morgan fingerprint density at radius 1 is 1.71 bits per heavy atom. The summed E-state index contributed by atoms with van der Waals surface area (Å²) in [5, 5.41) is 0. The van der Waals surface area contributed by atoms with Gasteiger partial charge in [-0.15, -0.1) is 0 Å². The summed E-state index contributed by atoms with van der Waals surface area (Å²) in [6.45, 7) is 3.28. The molecule has 1 N–H and O–H groups in total. The van der Waals surface area contributed by atoms with Crippen molar-refractivity contribution in [3.8, 4) is 0 Å². The van der Waals surface area contributed by atoms with Gasteiger partial charge in [-0.3, -0.25) is 4.79 Å². The smallest absolute Gasteiger partial charge is 0.228 e. The Morgan fingerprint density at radius 3 is 3.18 bits per heavy atom. The van der Waals surface area contributed by atoms with Gasteiger partial charge in [0.25, 0.3) is 0 Å². The molecule has 0 bridgehead atoms. The average Bonchev–Trinajstić information content (AvgIpc) is 2.97. The highest BCUT2D eigenvalue weighted by molar-refractivity contribution is 5.79. The highest BCUT2D eigenvalue weighted by Crippen LogP contribution is 2.25. The Labute approximate surface area is 101 Å². The largest absolute Gasteiger partial charge is 0.377 e. The molecule has 0 radical (unpaired) electrons. The van der Waals surface area contributed by atoms with Gasteiger partial charge in [0, 0.05) is 26.0 Å². The van der Waals surface area contributed by atoms with Gasteiger partial charge in [0.1, 0.15) is 5.82 Å². The van der Waals surface area contributed by atoms with E-state index < -0.39 is 0 Å². The zero-order valence-corrected chi connectivity index (χ0v) is 10.3. The molecule has 5 heteroatoms. The van der Waals surface area contributed by atoms with Crippen molar-refractivity contribution in [1.29, 1.82) is 0 Å². The summed E-state index contributed by atoms with van der Waals surface area (Å²) in [5.41, 5.74) is 0. The minimum Gasteiger partial charge on any atom is -0.377 e. The first-order chi connectivity index (χ1) is 8.22. The van der Waals surface area contributed by atoms with Gasteiger partial charge in [-0.05, 0) is 12.8 Å². The van der Waals surface area contributed by atoms with Gasteiger partial charge in [0.05, 0.1) is 18.6 Å². The molecule has 1 amide bonds. The number of carbonyl (C=O) groups is 1. The third-order valence-electron chi connectivity index (χ3n) is 3.25. The Balaban J connectivity index is 1.94. The van der Waals surface area contributed by atoms with Gasteiger partial charge < -0.3 is 14.6 Å². The monoisotopic (exact) mass is 237 g/mol. The van der Waals surface area contributed by atoms with Crippen LogP contribution in [0.5, 0.6) is 0 Å². The SMILES string of the molecule is CCC1OCCC1C(=O)N(C)Cc1ncc[nH]1. The summed E-state index contributed by atoms with van der Waals surface area (Å²) in [5.74, 6) is 0.985. The first-order valence-corrected chi connectivity index (χ1v) is 6.07. The van der Waals surface area contributed by atoms with Crippen LogP contribution in [0.2, 0.25) is 0 Å². The lowest BCUT2D eigenvalue weighted by Crippen LogP contribution is -2.36. The van der Waals surface area contributed by atoms with Crippen LogP contribution in [0.1, 0.15) is 25.6 Å². The molecule has 1 aliphatic heterocycles. The molecule has 5 nitrogen and oxygen atoms in total. The molecule has 2 rings (SSSR count). The van der Waals surface area contributed by atoms with Crippen LogP contribution in [-0.4, -0.2) is 40.5 Å². The number of amides is 1. The molecular weight excluding hydrogens is 218 g/mol. The predicted molar refractivity (Wildman–Crippen MR) is 63.2 cm³/mol. The molecule has 0 spiro atoms. The summed E-state index contributed by atoms with van der Waals surface area (Å²) in [4.78, 5) is 21.1. The van der Waals surface area contributed by atoms with E-state index >= 15 is 0 Å². The second-order valence-corrected chi connectivity index (χ2v) is 4.44. The number of hydrogen-bond donors (Lipinski definition) is 1. The van der Waals surface area contributed by atoms with Crippen molar-refractivity contribution >= 4 is 5.91 Å². The lowest BCUT2D eigenvalue weighted by Gasteiger charge is -2.22. The van der Waals surface area contributed by atoms with E-state index in [1.807, 2.05) is 7.05 Å². The first kappa shape index (κ1) is 12.1. The van der Waals surface area contributed by atoms with E-state index in [0.29, 0.717) is 13.2 Å². The molecule has 0 saturated carbocycles. The molecule has 1 saturated heterocycles. The topological polar surface area (TPSA) is 58.2 Å². The maximum atomic E-state index is 12.2. The minimum absolute atomic E-state index is 0.0139. The maximum absolute atomic E-state index is 12.2. The molecule has 0 aliphatic carbocycles. The van der Waals surface area contributed by atoms with Gasteiger partial charge >= 0.3 is 0 Å². The molecular formula is C12H19N3O2. The maximum Gasteiger partial charge on any atom is 0.228 e. The molecule has 1 aromatic heterocycles. The second kappa shape index (κ2) is 5.31. The fourth-order valence-electron chi connectivity index (χ4n) is 2.30. The Morgan fingerprint density at radius 2 is 2.53 bits per heavy atom. The number of rotatable bonds is 4. The highest BCUT2D eigenvalue weighted by Gasteiger charge is 2.34. The zero-order chi connectivity index (χ0) is 12.3. The van der Waals surface area contributed by atoms with E-state index in [2.05, 4.69) is 16.9 Å². The number of imidazole rings is 1. The molecule has 2 atom stereocenters. The molecule has 1 aromatic rings. The fourth-order valence-corrected chi connectivity index (χ4v) is 2.30. The number of ether oxygens (including phenoxy) is 1. The van der Waals surface area contributed by atoms with Gasteiger partial charge in [0.15, 0.2) is 0 Å². The number of hydrogen-bond acceptors (Lipinski definition) is 3. The van der Waals surface area contributed by atoms with E-state index in [9.17, 15) is 4.79 Å². The van der Waals surface area contributed by atoms with Gasteiger partial charge in [-0.25, -0.2) is 4.98 Å². The van der Waals surface area contributed by atoms with Crippen molar-refractivity contribution < 1.29 is 9.53 Å². The molecule has 2 heterocycles. The zero-order valence-electron chi connectivity index (χ0n) is 10.3. The number of nitrogens with zero attached hydrogens (tertiary/aromatic N) is 2. The number of aromatic nitrogens is 2. The standard InChI is InChI=1S/C12H19N3O2/c1-3-10-9(4-7-17-10)12(16)15(2)8-11-13-5-6-14-11/h5-6,9-10H,3-4,7-8H2,1-2H3,(H,13,14). The van der Waals surface area contributed by atoms with Gasteiger partial charge in [0.2, 0.25) is 5.91 Å². The van der Waals surface area contributed by atoms with Crippen molar-refractivity contribution in [2.24, 2.45) is 5.92 Å². The van der Waals surface area contributed by atoms with Gasteiger partial charge in [-0.2, -0.15) is 0 Å². The third-order valence-corrected chi connectivity index (χ3v) is 3.25. The van der Waals surface area contributed by atoms with Crippen molar-refractivity contribution in [3.63, 3.8) is 0 Å². The lowest BCUT2D eigenvalue weighted by atomic mass is 9.98. The molecule has 94 valence electrons. The lowest BCUT2D eigenvalue weighted by molar-refractivity contribution is -0.136. The normalized spacial score (nSPS) is 23.9. The van der Waals surface area contributed by atoms with E-state index in [4.69, 9.17) is 4.74 Å². The average molecular weight is 237 g/mol. The third kappa shape index (κ3) is 2.66. The molecule has 1 aliphatic rings. The summed E-state index contributed by atoms with van der Waals surface area (Å²) in [6.07, 6.45) is 5.27.